The second-order valence-corrected chi connectivity index (χ2v) is 11.0. The van der Waals surface area contributed by atoms with Crippen LogP contribution in [0, 0.1) is 11.7 Å². The van der Waals surface area contributed by atoms with E-state index in [1.54, 1.807) is 38.3 Å². The molecule has 0 radical (unpaired) electrons. The number of rotatable bonds is 12. The molecule has 0 aliphatic rings. The van der Waals surface area contributed by atoms with Gasteiger partial charge in [0.1, 0.15) is 24.2 Å². The minimum Gasteiger partial charge on any atom is -0.497 e. The predicted molar refractivity (Wildman–Crippen MR) is 137 cm³/mol. The molecule has 0 spiro atoms. The van der Waals surface area contributed by atoms with Crippen LogP contribution < -0.4 is 14.4 Å². The van der Waals surface area contributed by atoms with Gasteiger partial charge in [-0.25, -0.2) is 8.70 Å². The van der Waals surface area contributed by atoms with Gasteiger partial charge in [0, 0.05) is 27.2 Å². The van der Waals surface area contributed by atoms with E-state index in [4.69, 9.17) is 4.74 Å². The number of halogens is 1. The fourth-order valence-electron chi connectivity index (χ4n) is 3.29. The summed E-state index contributed by atoms with van der Waals surface area (Å²) in [6.07, 6.45) is 0. The first kappa shape index (κ1) is 29.1. The molecule has 0 aliphatic heterocycles. The summed E-state index contributed by atoms with van der Waals surface area (Å²) in [4.78, 5) is 27.8. The van der Waals surface area contributed by atoms with Gasteiger partial charge in [0.15, 0.2) is 0 Å². The van der Waals surface area contributed by atoms with Gasteiger partial charge in [-0.2, -0.15) is 12.7 Å². The summed E-state index contributed by atoms with van der Waals surface area (Å²) in [5.74, 6) is -0.629. The highest BCUT2D eigenvalue weighted by Crippen LogP contribution is 2.22. The number of nitrogens with zero attached hydrogens (tertiary/aromatic N) is 3. The minimum absolute atomic E-state index is 0.0678. The maximum atomic E-state index is 13.6. The Balaban J connectivity index is 2.42. The van der Waals surface area contributed by atoms with Crippen LogP contribution in [0.4, 0.5) is 10.1 Å². The number of hydrogen-bond acceptors (Lipinski definition) is 5. The quantitative estimate of drug-likeness (QED) is 0.462. The Labute approximate surface area is 213 Å². The molecule has 0 unspecified atom stereocenters. The molecule has 0 saturated heterocycles. The zero-order valence-electron chi connectivity index (χ0n) is 21.6. The maximum absolute atomic E-state index is 13.6. The molecular formula is C25H35FN4O5S. The molecule has 11 heteroatoms. The third kappa shape index (κ3) is 7.66. The number of ether oxygens (including phenoxy) is 1. The van der Waals surface area contributed by atoms with Gasteiger partial charge < -0.3 is 15.0 Å². The molecule has 198 valence electrons. The lowest BCUT2D eigenvalue weighted by Crippen LogP contribution is -2.52. The Kier molecular flexibility index (Phi) is 10.2. The Morgan fingerprint density at radius 2 is 1.58 bits per heavy atom. The van der Waals surface area contributed by atoms with E-state index in [1.165, 1.54) is 31.1 Å². The molecule has 2 rings (SSSR count). The average Bonchev–Trinajstić information content (AvgIpc) is 2.84. The monoisotopic (exact) mass is 522 g/mol. The molecule has 9 nitrogen and oxygen atoms in total. The van der Waals surface area contributed by atoms with Crippen molar-refractivity contribution in [3.05, 3.63) is 59.9 Å². The number of carbonyl (C=O) groups excluding carboxylic acids is 2. The predicted octanol–water partition coefficient (Wildman–Crippen LogP) is 2.64. The number of carbonyl (C=O) groups is 2. The highest BCUT2D eigenvalue weighted by molar-refractivity contribution is 7.90. The second kappa shape index (κ2) is 12.7. The second-order valence-electron chi connectivity index (χ2n) is 8.96. The van der Waals surface area contributed by atoms with Crippen molar-refractivity contribution in [1.82, 2.24) is 14.5 Å². The first-order valence-corrected chi connectivity index (χ1v) is 12.9. The molecule has 2 aromatic carbocycles. The molecule has 0 aliphatic carbocycles. The van der Waals surface area contributed by atoms with Crippen LogP contribution in [0.15, 0.2) is 48.5 Å². The summed E-state index contributed by atoms with van der Waals surface area (Å²) >= 11 is 0. The van der Waals surface area contributed by atoms with Gasteiger partial charge in [0.2, 0.25) is 11.8 Å². The highest BCUT2D eigenvalue weighted by Gasteiger charge is 2.32. The number of anilines is 1. The summed E-state index contributed by atoms with van der Waals surface area (Å²) in [6, 6.07) is 11.0. The number of amides is 2. The molecule has 1 atom stereocenters. The topological polar surface area (TPSA) is 99.3 Å². The van der Waals surface area contributed by atoms with E-state index < -0.39 is 34.5 Å². The van der Waals surface area contributed by atoms with Gasteiger partial charge in [0.25, 0.3) is 0 Å². The zero-order valence-corrected chi connectivity index (χ0v) is 22.4. The molecule has 2 amide bonds. The summed E-state index contributed by atoms with van der Waals surface area (Å²) in [5.41, 5.74) is 0.858. The normalized spacial score (nSPS) is 12.4. The standard InChI is InChI=1S/C25H35FN4O5S/c1-18(2)15-27-25(32)19(3)29(16-20-7-13-23(35-6)14-8-20)24(31)17-30(36(33,34)28(4)5)22-11-9-21(26)10-12-22/h7-14,18-19H,15-17H2,1-6H3,(H,27,32)/t19-/m0/s1. The van der Waals surface area contributed by atoms with Crippen LogP contribution in [0.3, 0.4) is 0 Å². The number of hydrogen-bond donors (Lipinski definition) is 1. The number of benzene rings is 2. The van der Waals surface area contributed by atoms with E-state index in [-0.39, 0.29) is 24.1 Å². The molecule has 0 heterocycles. The van der Waals surface area contributed by atoms with Crippen molar-refractivity contribution in [2.24, 2.45) is 5.92 Å². The Morgan fingerprint density at radius 1 is 1.00 bits per heavy atom. The lowest BCUT2D eigenvalue weighted by atomic mass is 10.1. The van der Waals surface area contributed by atoms with Crippen LogP contribution in [0.25, 0.3) is 0 Å². The molecular weight excluding hydrogens is 487 g/mol. The van der Waals surface area contributed by atoms with Gasteiger partial charge in [-0.05, 0) is 54.8 Å². The van der Waals surface area contributed by atoms with Crippen LogP contribution in [0.2, 0.25) is 0 Å². The summed E-state index contributed by atoms with van der Waals surface area (Å²) in [5, 5.41) is 2.83. The summed E-state index contributed by atoms with van der Waals surface area (Å²) < 4.78 is 46.7. The van der Waals surface area contributed by atoms with Crippen molar-refractivity contribution >= 4 is 27.7 Å². The minimum atomic E-state index is -4.10. The SMILES string of the molecule is COc1ccc(CN(C(=O)CN(c2ccc(F)cc2)S(=O)(=O)N(C)C)[C@@H](C)C(=O)NCC(C)C)cc1. The summed E-state index contributed by atoms with van der Waals surface area (Å²) in [6.45, 7) is 5.43. The number of methoxy groups -OCH3 is 1. The Hall–Kier alpha value is -3.18. The lowest BCUT2D eigenvalue weighted by Gasteiger charge is -2.33. The average molecular weight is 523 g/mol. The van der Waals surface area contributed by atoms with Crippen molar-refractivity contribution in [1.29, 1.82) is 0 Å². The third-order valence-corrected chi connectivity index (χ3v) is 7.32. The van der Waals surface area contributed by atoms with E-state index in [0.29, 0.717) is 12.3 Å². The molecule has 0 bridgehead atoms. The molecule has 36 heavy (non-hydrogen) atoms. The van der Waals surface area contributed by atoms with E-state index in [9.17, 15) is 22.4 Å². The van der Waals surface area contributed by atoms with Gasteiger partial charge in [-0.1, -0.05) is 26.0 Å². The van der Waals surface area contributed by atoms with Crippen molar-refractivity contribution in [2.75, 3.05) is 38.6 Å². The zero-order chi connectivity index (χ0) is 27.0. The number of nitrogens with one attached hydrogen (secondary N) is 1. The first-order valence-electron chi connectivity index (χ1n) is 11.5. The highest BCUT2D eigenvalue weighted by atomic mass is 32.2. The van der Waals surface area contributed by atoms with Gasteiger partial charge in [-0.3, -0.25) is 9.59 Å². The smallest absolute Gasteiger partial charge is 0.304 e. The summed E-state index contributed by atoms with van der Waals surface area (Å²) in [7, 11) is 0.121. The van der Waals surface area contributed by atoms with Crippen molar-refractivity contribution in [2.45, 2.75) is 33.4 Å². The van der Waals surface area contributed by atoms with Crippen LogP contribution in [-0.4, -0.2) is 69.8 Å². The van der Waals surface area contributed by atoms with Crippen LogP contribution >= 0.6 is 0 Å². The van der Waals surface area contributed by atoms with Crippen LogP contribution in [0.1, 0.15) is 26.3 Å². The van der Waals surface area contributed by atoms with Crippen LogP contribution in [0.5, 0.6) is 5.75 Å². The largest absolute Gasteiger partial charge is 0.497 e. The fraction of sp³-hybridized carbons (Fsp3) is 0.440. The Bertz CT molecular complexity index is 1120. The third-order valence-electron chi connectivity index (χ3n) is 5.50. The van der Waals surface area contributed by atoms with Gasteiger partial charge >= 0.3 is 10.2 Å². The Morgan fingerprint density at radius 3 is 2.08 bits per heavy atom. The van der Waals surface area contributed by atoms with Crippen molar-refractivity contribution in [3.63, 3.8) is 0 Å². The molecule has 0 fully saturated rings. The molecule has 2 aromatic rings. The van der Waals surface area contributed by atoms with Gasteiger partial charge in [-0.15, -0.1) is 0 Å². The van der Waals surface area contributed by atoms with Crippen molar-refractivity contribution in [3.8, 4) is 5.75 Å². The maximum Gasteiger partial charge on any atom is 0.304 e. The van der Waals surface area contributed by atoms with E-state index in [1.807, 2.05) is 13.8 Å². The first-order chi connectivity index (χ1) is 16.9. The van der Waals surface area contributed by atoms with E-state index >= 15 is 0 Å². The molecule has 0 aromatic heterocycles. The van der Waals surface area contributed by atoms with E-state index in [0.717, 1.165) is 26.3 Å². The van der Waals surface area contributed by atoms with E-state index in [2.05, 4.69) is 5.32 Å². The fourth-order valence-corrected chi connectivity index (χ4v) is 4.34. The van der Waals surface area contributed by atoms with Gasteiger partial charge in [0.05, 0.1) is 12.8 Å². The lowest BCUT2D eigenvalue weighted by molar-refractivity contribution is -0.139. The molecule has 1 N–H and O–H groups in total. The molecule has 0 saturated carbocycles. The van der Waals surface area contributed by atoms with Crippen LogP contribution in [-0.2, 0) is 26.3 Å². The van der Waals surface area contributed by atoms with Crippen molar-refractivity contribution < 1.29 is 27.1 Å².